The van der Waals surface area contributed by atoms with Crippen molar-refractivity contribution < 1.29 is 4.74 Å². The van der Waals surface area contributed by atoms with Crippen molar-refractivity contribution in [3.05, 3.63) is 70.8 Å². The Morgan fingerprint density at radius 2 is 1.95 bits per heavy atom. The predicted molar refractivity (Wildman–Crippen MR) is 85.4 cm³/mol. The molecule has 0 spiro atoms. The zero-order valence-electron chi connectivity index (χ0n) is 12.3. The first-order chi connectivity index (χ1) is 10.3. The van der Waals surface area contributed by atoms with Gasteiger partial charge in [0.25, 0.3) is 0 Å². The van der Waals surface area contributed by atoms with Crippen LogP contribution in [0, 0.1) is 18.8 Å². The van der Waals surface area contributed by atoms with E-state index in [1.165, 1.54) is 11.1 Å². The summed E-state index contributed by atoms with van der Waals surface area (Å²) in [5.74, 6) is 6.78. The lowest BCUT2D eigenvalue weighted by molar-refractivity contribution is 0.320. The third-order valence-corrected chi connectivity index (χ3v) is 3.58. The van der Waals surface area contributed by atoms with E-state index in [-0.39, 0.29) is 6.04 Å². The van der Waals surface area contributed by atoms with Crippen molar-refractivity contribution in [3.63, 3.8) is 0 Å². The van der Waals surface area contributed by atoms with E-state index in [0.29, 0.717) is 12.5 Å². The van der Waals surface area contributed by atoms with Crippen molar-refractivity contribution in [3.8, 4) is 11.8 Å². The first kappa shape index (κ1) is 13.5. The molecule has 0 N–H and O–H groups in total. The van der Waals surface area contributed by atoms with E-state index < -0.39 is 0 Å². The molecule has 2 aromatic carbocycles. The molecule has 3 rings (SSSR count). The fourth-order valence-electron chi connectivity index (χ4n) is 2.40. The summed E-state index contributed by atoms with van der Waals surface area (Å²) in [4.78, 5) is 4.71. The Kier molecular flexibility index (Phi) is 3.75. The molecule has 1 aliphatic heterocycles. The second-order valence-corrected chi connectivity index (χ2v) is 5.08. The summed E-state index contributed by atoms with van der Waals surface area (Å²) in [5.41, 5.74) is 4.39. The molecule has 0 saturated heterocycles. The number of aryl methyl sites for hydroxylation is 1. The second-order valence-electron chi connectivity index (χ2n) is 5.08. The predicted octanol–water partition coefficient (Wildman–Crippen LogP) is 3.88. The van der Waals surface area contributed by atoms with Crippen LogP contribution in [0.3, 0.4) is 0 Å². The fraction of sp³-hybridized carbons (Fsp3) is 0.211. The van der Waals surface area contributed by atoms with Crippen LogP contribution in [0.4, 0.5) is 0 Å². The van der Waals surface area contributed by atoms with Crippen LogP contribution in [-0.2, 0) is 4.74 Å². The molecule has 1 aliphatic rings. The Labute approximate surface area is 125 Å². The van der Waals surface area contributed by atoms with E-state index in [9.17, 15) is 0 Å². The number of aliphatic imine (C=N–C) groups is 1. The van der Waals surface area contributed by atoms with Gasteiger partial charge >= 0.3 is 0 Å². The highest BCUT2D eigenvalue weighted by Crippen LogP contribution is 2.25. The molecular formula is C19H17NO. The molecule has 104 valence electrons. The molecule has 0 aromatic heterocycles. The molecule has 0 fully saturated rings. The van der Waals surface area contributed by atoms with Gasteiger partial charge in [-0.05, 0) is 37.1 Å². The lowest BCUT2D eigenvalue weighted by Gasteiger charge is -2.04. The minimum atomic E-state index is 0.0863. The van der Waals surface area contributed by atoms with Crippen molar-refractivity contribution in [2.45, 2.75) is 19.9 Å². The van der Waals surface area contributed by atoms with Crippen LogP contribution < -0.4 is 0 Å². The summed E-state index contributed by atoms with van der Waals surface area (Å²) in [6.07, 6.45) is 0. The first-order valence-corrected chi connectivity index (χ1v) is 7.07. The number of rotatable bonds is 2. The minimum absolute atomic E-state index is 0.0863. The molecule has 0 amide bonds. The molecule has 0 unspecified atom stereocenters. The molecule has 1 heterocycles. The highest BCUT2D eigenvalue weighted by atomic mass is 16.5. The largest absolute Gasteiger partial charge is 0.475 e. The van der Waals surface area contributed by atoms with E-state index >= 15 is 0 Å². The maximum Gasteiger partial charge on any atom is 0.216 e. The zero-order chi connectivity index (χ0) is 14.7. The summed E-state index contributed by atoms with van der Waals surface area (Å²) in [7, 11) is 0. The van der Waals surface area contributed by atoms with Gasteiger partial charge < -0.3 is 4.74 Å². The molecule has 2 nitrogen and oxygen atoms in total. The SMILES string of the molecule is CC#Cc1cc(C2=N[C@H](c3ccccc3)CO2)ccc1C. The third-order valence-electron chi connectivity index (χ3n) is 3.58. The summed E-state index contributed by atoms with van der Waals surface area (Å²) in [6.45, 7) is 4.51. The van der Waals surface area contributed by atoms with E-state index in [4.69, 9.17) is 9.73 Å². The monoisotopic (exact) mass is 275 g/mol. The van der Waals surface area contributed by atoms with Crippen LogP contribution >= 0.6 is 0 Å². The van der Waals surface area contributed by atoms with Gasteiger partial charge in [0.2, 0.25) is 5.90 Å². The van der Waals surface area contributed by atoms with E-state index in [0.717, 1.165) is 11.1 Å². The van der Waals surface area contributed by atoms with Gasteiger partial charge in [0, 0.05) is 11.1 Å². The molecule has 2 aromatic rings. The summed E-state index contributed by atoms with van der Waals surface area (Å²) < 4.78 is 5.78. The van der Waals surface area contributed by atoms with Crippen LogP contribution in [0.1, 0.15) is 35.2 Å². The summed E-state index contributed by atoms with van der Waals surface area (Å²) in [6, 6.07) is 16.5. The van der Waals surface area contributed by atoms with Crippen molar-refractivity contribution in [1.29, 1.82) is 0 Å². The van der Waals surface area contributed by atoms with Gasteiger partial charge in [0.05, 0.1) is 0 Å². The minimum Gasteiger partial charge on any atom is -0.475 e. The quantitative estimate of drug-likeness (QED) is 0.762. The first-order valence-electron chi connectivity index (χ1n) is 7.07. The number of hydrogen-bond donors (Lipinski definition) is 0. The van der Waals surface area contributed by atoms with Crippen molar-refractivity contribution >= 4 is 5.90 Å². The molecule has 0 aliphatic carbocycles. The Bertz CT molecular complexity index is 735. The smallest absolute Gasteiger partial charge is 0.216 e. The van der Waals surface area contributed by atoms with Crippen molar-refractivity contribution in [2.75, 3.05) is 6.61 Å². The highest BCUT2D eigenvalue weighted by molar-refractivity contribution is 5.95. The molecule has 0 saturated carbocycles. The molecule has 1 atom stereocenters. The number of benzene rings is 2. The van der Waals surface area contributed by atoms with Crippen LogP contribution in [0.25, 0.3) is 0 Å². The van der Waals surface area contributed by atoms with Crippen LogP contribution in [0.5, 0.6) is 0 Å². The Morgan fingerprint density at radius 3 is 2.71 bits per heavy atom. The number of ether oxygens (including phenoxy) is 1. The van der Waals surface area contributed by atoms with Gasteiger partial charge in [0.1, 0.15) is 12.6 Å². The average molecular weight is 275 g/mol. The van der Waals surface area contributed by atoms with Gasteiger partial charge in [-0.25, -0.2) is 4.99 Å². The maximum atomic E-state index is 5.78. The van der Waals surface area contributed by atoms with E-state index in [2.05, 4.69) is 43.0 Å². The fourth-order valence-corrected chi connectivity index (χ4v) is 2.40. The average Bonchev–Trinajstić information content (AvgIpc) is 3.00. The van der Waals surface area contributed by atoms with Gasteiger partial charge in [-0.2, -0.15) is 0 Å². The Hall–Kier alpha value is -2.53. The van der Waals surface area contributed by atoms with Crippen molar-refractivity contribution in [1.82, 2.24) is 0 Å². The Morgan fingerprint density at radius 1 is 1.14 bits per heavy atom. The van der Waals surface area contributed by atoms with Gasteiger partial charge in [0.15, 0.2) is 0 Å². The standard InChI is InChI=1S/C19H17NO/c1-3-7-16-12-17(11-10-14(16)2)19-20-18(13-21-19)15-8-5-4-6-9-15/h4-6,8-12,18H,13H2,1-2H3/t18-/m0/s1. The lowest BCUT2D eigenvalue weighted by Crippen LogP contribution is -2.02. The van der Waals surface area contributed by atoms with Gasteiger partial charge in [-0.1, -0.05) is 42.3 Å². The maximum absolute atomic E-state index is 5.78. The van der Waals surface area contributed by atoms with Crippen molar-refractivity contribution in [2.24, 2.45) is 4.99 Å². The van der Waals surface area contributed by atoms with Gasteiger partial charge in [-0.15, -0.1) is 5.92 Å². The molecule has 0 radical (unpaired) electrons. The van der Waals surface area contributed by atoms with Gasteiger partial charge in [-0.3, -0.25) is 0 Å². The van der Waals surface area contributed by atoms with Crippen LogP contribution in [0.2, 0.25) is 0 Å². The number of nitrogens with zero attached hydrogens (tertiary/aromatic N) is 1. The molecule has 2 heteroatoms. The highest BCUT2D eigenvalue weighted by Gasteiger charge is 2.21. The topological polar surface area (TPSA) is 21.6 Å². The van der Waals surface area contributed by atoms with E-state index in [1.54, 1.807) is 0 Å². The number of hydrogen-bond acceptors (Lipinski definition) is 2. The summed E-state index contributed by atoms with van der Waals surface area (Å²) in [5, 5.41) is 0. The summed E-state index contributed by atoms with van der Waals surface area (Å²) >= 11 is 0. The third kappa shape index (κ3) is 2.83. The van der Waals surface area contributed by atoms with Crippen LogP contribution in [0.15, 0.2) is 53.5 Å². The molecular weight excluding hydrogens is 258 g/mol. The normalized spacial score (nSPS) is 16.7. The lowest BCUT2D eigenvalue weighted by atomic mass is 10.1. The molecule has 0 bridgehead atoms. The van der Waals surface area contributed by atoms with E-state index in [1.807, 2.05) is 31.2 Å². The molecule has 21 heavy (non-hydrogen) atoms. The second kappa shape index (κ2) is 5.85. The zero-order valence-corrected chi connectivity index (χ0v) is 12.3. The van der Waals surface area contributed by atoms with Crippen LogP contribution in [-0.4, -0.2) is 12.5 Å². The Balaban J connectivity index is 1.91.